The van der Waals surface area contributed by atoms with Crippen molar-refractivity contribution in [3.8, 4) is 0 Å². The van der Waals surface area contributed by atoms with E-state index in [-0.39, 0.29) is 90.7 Å². The predicted molar refractivity (Wildman–Crippen MR) is 43.1 cm³/mol. The Morgan fingerprint density at radius 2 is 0.571 bits per heavy atom. The van der Waals surface area contributed by atoms with Crippen LogP contribution in [0.5, 0.6) is 0 Å². The summed E-state index contributed by atoms with van der Waals surface area (Å²) in [4.78, 5) is 0. The second-order valence-electron chi connectivity index (χ2n) is 0.448. The van der Waals surface area contributed by atoms with Crippen LogP contribution >= 0.6 is 0 Å². The van der Waals surface area contributed by atoms with Gasteiger partial charge in [-0.25, -0.2) is 0 Å². The Bertz CT molecular complexity index is 93.5. The van der Waals surface area contributed by atoms with Gasteiger partial charge in [0.15, 0.2) is 0 Å². The molecule has 18 N–H and O–H groups in total. The zero-order valence-electron chi connectivity index (χ0n) is 6.39. The van der Waals surface area contributed by atoms with Crippen LogP contribution in [0.25, 0.3) is 0 Å². The van der Waals surface area contributed by atoms with Gasteiger partial charge in [-0.3, -0.25) is 9.11 Å². The Balaban J connectivity index is -0.00000000222. The first kappa shape index (κ1) is 116. The largest absolute Gasteiger partial charge is 0.412 e. The summed E-state index contributed by atoms with van der Waals surface area (Å²) in [5, 5.41) is 0. The van der Waals surface area contributed by atoms with Crippen LogP contribution in [-0.2, 0) is 10.4 Å². The summed E-state index contributed by atoms with van der Waals surface area (Å²) in [5.74, 6) is 0. The molecule has 0 heterocycles. The summed E-state index contributed by atoms with van der Waals surface area (Å²) in [6, 6.07) is 0. The van der Waals surface area contributed by atoms with E-state index in [0.29, 0.717) is 0 Å². The normalized spacial score (nSPS) is 4.14. The summed E-state index contributed by atoms with van der Waals surface area (Å²) in [6.07, 6.45) is 0. The fourth-order valence-electron chi connectivity index (χ4n) is 0. The van der Waals surface area contributed by atoms with Crippen molar-refractivity contribution in [2.75, 3.05) is 0 Å². The molecule has 0 aliphatic heterocycles. The zero-order chi connectivity index (χ0) is 4.50. The van der Waals surface area contributed by atoms with E-state index in [9.17, 15) is 0 Å². The molecule has 0 rings (SSSR count). The van der Waals surface area contributed by atoms with Crippen molar-refractivity contribution in [1.82, 2.24) is 0 Å². The van der Waals surface area contributed by atoms with Crippen LogP contribution in [0.4, 0.5) is 0 Å². The number of rotatable bonds is 0. The topological polar surface area (TPSA) is 327 Å². The zero-order valence-corrected chi connectivity index (χ0v) is 8.92. The van der Waals surface area contributed by atoms with Crippen molar-refractivity contribution in [3.05, 3.63) is 0 Å². The van der Waals surface area contributed by atoms with Crippen molar-refractivity contribution in [3.63, 3.8) is 0 Å². The summed E-state index contributed by atoms with van der Waals surface area (Å²) in [7, 11) is -4.67. The monoisotopic (exact) mass is 416 g/mol. The van der Waals surface area contributed by atoms with Gasteiger partial charge in [-0.2, -0.15) is 8.42 Å². The van der Waals surface area contributed by atoms with E-state index in [1.54, 1.807) is 0 Å². The van der Waals surface area contributed by atoms with Crippen molar-refractivity contribution < 1.29 is 108 Å². The molecule has 0 saturated heterocycles. The molecule has 12 nitrogen and oxygen atoms in total. The molecule has 0 amide bonds. The summed E-state index contributed by atoms with van der Waals surface area (Å²) in [6.45, 7) is 0. The second kappa shape index (κ2) is 48.1. The van der Waals surface area contributed by atoms with Gasteiger partial charge in [0.05, 0.1) is 0 Å². The average molecular weight is 415 g/mol. The van der Waals surface area contributed by atoms with Crippen molar-refractivity contribution >= 4 is 10.4 Å². The molecule has 0 fully saturated rings. The Hall–Kier alpha value is 1.07. The molecular formula is H18O12SYb. The maximum absolute atomic E-state index is 8.74. The minimum Gasteiger partial charge on any atom is -0.412 e. The van der Waals surface area contributed by atoms with Crippen LogP contribution in [0.1, 0.15) is 0 Å². The number of hydrogen-bond donors (Lipinski definition) is 2. The fourth-order valence-corrected chi connectivity index (χ4v) is 0. The SMILES string of the molecule is O.O.O.O.O.O.O.O.O=S(=O)(O)O.[Yb]. The molecular weight excluding hydrogens is 397 g/mol. The predicted octanol–water partition coefficient (Wildman–Crippen LogP) is -7.25. The molecule has 14 heteroatoms. The van der Waals surface area contributed by atoms with Gasteiger partial charge in [-0.15, -0.1) is 0 Å². The van der Waals surface area contributed by atoms with Gasteiger partial charge < -0.3 is 43.8 Å². The molecule has 0 radical (unpaired) electrons. The van der Waals surface area contributed by atoms with E-state index >= 15 is 0 Å². The minimum atomic E-state index is -4.67. The first-order chi connectivity index (χ1) is 2.00. The molecule has 0 aliphatic carbocycles. The Morgan fingerprint density at radius 3 is 0.571 bits per heavy atom. The van der Waals surface area contributed by atoms with Gasteiger partial charge in [0, 0.05) is 46.9 Å². The molecule has 110 valence electrons. The van der Waals surface area contributed by atoms with Gasteiger partial charge >= 0.3 is 10.4 Å². The average Bonchev–Trinajstić information content (AvgIpc) is 0.722. The third-order valence-corrected chi connectivity index (χ3v) is 0. The van der Waals surface area contributed by atoms with Gasteiger partial charge in [0.2, 0.25) is 0 Å². The third kappa shape index (κ3) is 1660. The summed E-state index contributed by atoms with van der Waals surface area (Å²) < 4.78 is 31.6. The molecule has 0 bridgehead atoms. The van der Waals surface area contributed by atoms with E-state index in [2.05, 4.69) is 0 Å². The van der Waals surface area contributed by atoms with E-state index in [1.807, 2.05) is 0 Å². The molecule has 0 atom stereocenters. The van der Waals surface area contributed by atoms with Crippen molar-refractivity contribution in [2.24, 2.45) is 0 Å². The van der Waals surface area contributed by atoms with Crippen LogP contribution in [0.15, 0.2) is 0 Å². The standard InChI is InChI=1S/H2O4S.8H2O.Yb/c1-5(2,3)4;;;;;;;;;/h(H2,1,2,3,4);8*1H2;. The molecule has 0 unspecified atom stereocenters. The van der Waals surface area contributed by atoms with Crippen molar-refractivity contribution in [2.45, 2.75) is 0 Å². The molecule has 0 aromatic heterocycles. The molecule has 0 spiro atoms. The molecule has 0 saturated carbocycles. The Kier molecular flexibility index (Phi) is 399. The first-order valence-corrected chi connectivity index (χ1v) is 2.10. The smallest absolute Gasteiger partial charge is 0.394 e. The first-order valence-electron chi connectivity index (χ1n) is 0.698. The molecule has 0 aromatic carbocycles. The van der Waals surface area contributed by atoms with Crippen LogP contribution in [-0.4, -0.2) is 61.3 Å². The maximum Gasteiger partial charge on any atom is 0.394 e. The quantitative estimate of drug-likeness (QED) is 0.364. The molecule has 0 aliphatic rings. The van der Waals surface area contributed by atoms with E-state index in [0.717, 1.165) is 0 Å². The van der Waals surface area contributed by atoms with E-state index in [1.165, 1.54) is 0 Å². The van der Waals surface area contributed by atoms with E-state index in [4.69, 9.17) is 17.5 Å². The third-order valence-electron chi connectivity index (χ3n) is 0. The maximum atomic E-state index is 8.74. The van der Waals surface area contributed by atoms with E-state index < -0.39 is 10.4 Å². The Labute approximate surface area is 118 Å². The van der Waals surface area contributed by atoms with Gasteiger partial charge in [-0.1, -0.05) is 0 Å². The van der Waals surface area contributed by atoms with Crippen molar-refractivity contribution in [1.29, 1.82) is 0 Å². The van der Waals surface area contributed by atoms with Crippen LogP contribution in [0.3, 0.4) is 0 Å². The van der Waals surface area contributed by atoms with Crippen LogP contribution in [0.2, 0.25) is 0 Å². The Morgan fingerprint density at radius 1 is 0.571 bits per heavy atom. The minimum absolute atomic E-state index is 0. The molecule has 14 heavy (non-hydrogen) atoms. The van der Waals surface area contributed by atoms with Gasteiger partial charge in [0.1, 0.15) is 0 Å². The fraction of sp³-hybridized carbons (Fsp3) is 0. The summed E-state index contributed by atoms with van der Waals surface area (Å²) >= 11 is 0. The van der Waals surface area contributed by atoms with Gasteiger partial charge in [0.25, 0.3) is 0 Å². The molecule has 0 aromatic rings. The second-order valence-corrected chi connectivity index (χ2v) is 1.34. The van der Waals surface area contributed by atoms with Gasteiger partial charge in [-0.05, 0) is 0 Å². The summed E-state index contributed by atoms with van der Waals surface area (Å²) in [5.41, 5.74) is 0. The number of hydrogen-bond acceptors (Lipinski definition) is 2. The van der Waals surface area contributed by atoms with Crippen LogP contribution in [0, 0.1) is 46.9 Å². The van der Waals surface area contributed by atoms with Crippen LogP contribution < -0.4 is 0 Å².